The summed E-state index contributed by atoms with van der Waals surface area (Å²) >= 11 is 0. The quantitative estimate of drug-likeness (QED) is 0.475. The molecule has 1 rings (SSSR count). The fraction of sp³-hybridized carbons (Fsp3) is 0.200. The smallest absolute Gasteiger partial charge is 0.414 e. The van der Waals surface area contributed by atoms with Crippen molar-refractivity contribution in [2.24, 2.45) is 0 Å². The Hall–Kier alpha value is -2.24. The van der Waals surface area contributed by atoms with Gasteiger partial charge in [-0.15, -0.1) is 0 Å². The molecule has 6 nitrogen and oxygen atoms in total. The molecule has 4 N–H and O–H groups in total. The molecule has 0 atom stereocenters. The average Bonchev–Trinajstić information content (AvgIpc) is 2.19. The minimum absolute atomic E-state index is 0.811. The van der Waals surface area contributed by atoms with Gasteiger partial charge in [-0.25, -0.2) is 9.59 Å². The van der Waals surface area contributed by atoms with Gasteiger partial charge in [-0.2, -0.15) is 0 Å². The second kappa shape index (κ2) is 6.28. The summed E-state index contributed by atoms with van der Waals surface area (Å²) in [5.41, 5.74) is 7.49. The number of carbonyl (C=O) groups is 2. The van der Waals surface area contributed by atoms with E-state index >= 15 is 0 Å². The van der Waals surface area contributed by atoms with Crippen LogP contribution in [0.15, 0.2) is 24.3 Å². The van der Waals surface area contributed by atoms with Gasteiger partial charge in [0.05, 0.1) is 0 Å². The Labute approximate surface area is 92.9 Å². The predicted octanol–water partition coefficient (Wildman–Crippen LogP) is 0.490. The molecule has 0 aliphatic heterocycles. The van der Waals surface area contributed by atoms with E-state index < -0.39 is 11.9 Å². The Bertz CT molecular complexity index is 348. The molecular weight excluding hydrogens is 212 g/mol. The number of rotatable bonds is 1. The lowest BCUT2D eigenvalue weighted by atomic mass is 10.3. The summed E-state index contributed by atoms with van der Waals surface area (Å²) in [6, 6.07) is 7.79. The van der Waals surface area contributed by atoms with Crippen LogP contribution in [0.5, 0.6) is 0 Å². The fourth-order valence-corrected chi connectivity index (χ4v) is 0.772. The van der Waals surface area contributed by atoms with Crippen molar-refractivity contribution < 1.29 is 19.8 Å². The Kier molecular flexibility index (Phi) is 5.40. The fourth-order valence-electron chi connectivity index (χ4n) is 0.772. The van der Waals surface area contributed by atoms with Crippen LogP contribution in [0.25, 0.3) is 0 Å². The third-order valence-corrected chi connectivity index (χ3v) is 1.59. The van der Waals surface area contributed by atoms with Crippen LogP contribution in [0, 0.1) is 0 Å². The second-order valence-corrected chi connectivity index (χ2v) is 3.10. The zero-order valence-electron chi connectivity index (χ0n) is 9.04. The van der Waals surface area contributed by atoms with E-state index in [1.807, 2.05) is 43.3 Å². The van der Waals surface area contributed by atoms with Crippen molar-refractivity contribution in [3.63, 3.8) is 0 Å². The van der Waals surface area contributed by atoms with E-state index in [4.69, 9.17) is 25.5 Å². The van der Waals surface area contributed by atoms with E-state index in [1.54, 1.807) is 0 Å². The number of anilines is 2. The summed E-state index contributed by atoms with van der Waals surface area (Å²) in [5.74, 6) is -3.65. The van der Waals surface area contributed by atoms with Crippen LogP contribution in [-0.4, -0.2) is 36.2 Å². The van der Waals surface area contributed by atoms with Gasteiger partial charge < -0.3 is 20.8 Å². The number of nitrogen functional groups attached to an aromatic ring is 1. The van der Waals surface area contributed by atoms with Crippen LogP contribution < -0.4 is 10.6 Å². The molecule has 1 aromatic rings. The molecule has 88 valence electrons. The largest absolute Gasteiger partial charge is 0.473 e. The maximum Gasteiger partial charge on any atom is 0.414 e. The number of nitrogens with two attached hydrogens (primary N) is 1. The molecule has 0 aliphatic carbocycles. The van der Waals surface area contributed by atoms with Crippen molar-refractivity contribution in [3.8, 4) is 0 Å². The normalized spacial score (nSPS) is 8.62. The molecular formula is C10H14N2O4. The van der Waals surface area contributed by atoms with E-state index in [0.717, 1.165) is 5.69 Å². The molecule has 16 heavy (non-hydrogen) atoms. The topological polar surface area (TPSA) is 104 Å². The number of benzene rings is 1. The zero-order valence-corrected chi connectivity index (χ0v) is 9.04. The molecule has 0 unspecified atom stereocenters. The summed E-state index contributed by atoms with van der Waals surface area (Å²) < 4.78 is 0. The van der Waals surface area contributed by atoms with Crippen molar-refractivity contribution in [3.05, 3.63) is 24.3 Å². The molecule has 0 bridgehead atoms. The van der Waals surface area contributed by atoms with Crippen molar-refractivity contribution in [2.45, 2.75) is 0 Å². The number of hydrogen-bond acceptors (Lipinski definition) is 4. The first-order chi connectivity index (χ1) is 7.34. The van der Waals surface area contributed by atoms with Crippen molar-refractivity contribution in [1.29, 1.82) is 0 Å². The molecule has 0 aromatic heterocycles. The van der Waals surface area contributed by atoms with Gasteiger partial charge in [-0.05, 0) is 24.3 Å². The Morgan fingerprint density at radius 3 is 1.69 bits per heavy atom. The van der Waals surface area contributed by atoms with Gasteiger partial charge in [0, 0.05) is 25.5 Å². The highest BCUT2D eigenvalue weighted by atomic mass is 16.4. The molecule has 0 fully saturated rings. The average molecular weight is 226 g/mol. The van der Waals surface area contributed by atoms with E-state index in [-0.39, 0.29) is 0 Å². The SMILES string of the molecule is CN(C)c1ccc(N)cc1.O=C(O)C(=O)O. The van der Waals surface area contributed by atoms with Crippen LogP contribution >= 0.6 is 0 Å². The number of carboxylic acid groups (broad SMARTS) is 2. The molecule has 0 amide bonds. The molecule has 0 saturated heterocycles. The maximum absolute atomic E-state index is 9.10. The molecule has 0 aliphatic rings. The van der Waals surface area contributed by atoms with Crippen LogP contribution in [0.3, 0.4) is 0 Å². The summed E-state index contributed by atoms with van der Waals surface area (Å²) in [5, 5.41) is 14.8. The first-order valence-corrected chi connectivity index (χ1v) is 4.33. The molecule has 6 heteroatoms. The third-order valence-electron chi connectivity index (χ3n) is 1.59. The third kappa shape index (κ3) is 5.48. The standard InChI is InChI=1S/C8H12N2.C2H2O4/c1-10(2)8-5-3-7(9)4-6-8;3-1(4)2(5)6/h3-6H,9H2,1-2H3;(H,3,4)(H,5,6). The Balaban J connectivity index is 0.000000325. The summed E-state index contributed by atoms with van der Waals surface area (Å²) in [7, 11) is 4.01. The van der Waals surface area contributed by atoms with Crippen molar-refractivity contribution >= 4 is 23.3 Å². The Morgan fingerprint density at radius 2 is 1.44 bits per heavy atom. The van der Waals surface area contributed by atoms with E-state index in [2.05, 4.69) is 0 Å². The van der Waals surface area contributed by atoms with Gasteiger partial charge >= 0.3 is 11.9 Å². The highest BCUT2D eigenvalue weighted by molar-refractivity contribution is 6.27. The lowest BCUT2D eigenvalue weighted by molar-refractivity contribution is -0.159. The maximum atomic E-state index is 9.10. The minimum Gasteiger partial charge on any atom is -0.473 e. The molecule has 1 aromatic carbocycles. The highest BCUT2D eigenvalue weighted by Crippen LogP contribution is 2.12. The Morgan fingerprint density at radius 1 is 1.06 bits per heavy atom. The van der Waals surface area contributed by atoms with Crippen molar-refractivity contribution in [1.82, 2.24) is 0 Å². The molecule has 0 heterocycles. The van der Waals surface area contributed by atoms with E-state index in [1.165, 1.54) is 5.69 Å². The van der Waals surface area contributed by atoms with Gasteiger partial charge in [0.15, 0.2) is 0 Å². The number of carboxylic acids is 2. The first-order valence-electron chi connectivity index (χ1n) is 4.33. The van der Waals surface area contributed by atoms with Crippen LogP contribution in [-0.2, 0) is 9.59 Å². The van der Waals surface area contributed by atoms with Gasteiger partial charge in [-0.1, -0.05) is 0 Å². The summed E-state index contributed by atoms with van der Waals surface area (Å²) in [6.07, 6.45) is 0. The van der Waals surface area contributed by atoms with Crippen LogP contribution in [0.4, 0.5) is 11.4 Å². The minimum atomic E-state index is -1.82. The first kappa shape index (κ1) is 13.8. The van der Waals surface area contributed by atoms with Gasteiger partial charge in [0.2, 0.25) is 0 Å². The summed E-state index contributed by atoms with van der Waals surface area (Å²) in [6.45, 7) is 0. The van der Waals surface area contributed by atoms with E-state index in [9.17, 15) is 0 Å². The zero-order chi connectivity index (χ0) is 12.7. The monoisotopic (exact) mass is 226 g/mol. The highest BCUT2D eigenvalue weighted by Gasteiger charge is 2.04. The van der Waals surface area contributed by atoms with Gasteiger partial charge in [-0.3, -0.25) is 0 Å². The van der Waals surface area contributed by atoms with Gasteiger partial charge in [0.25, 0.3) is 0 Å². The number of nitrogens with zero attached hydrogens (tertiary/aromatic N) is 1. The molecule has 0 saturated carbocycles. The molecule has 0 spiro atoms. The second-order valence-electron chi connectivity index (χ2n) is 3.10. The summed E-state index contributed by atoms with van der Waals surface area (Å²) in [4.78, 5) is 20.2. The number of hydrogen-bond donors (Lipinski definition) is 3. The predicted molar refractivity (Wildman–Crippen MR) is 60.5 cm³/mol. The molecule has 0 radical (unpaired) electrons. The van der Waals surface area contributed by atoms with E-state index in [0.29, 0.717) is 0 Å². The lowest BCUT2D eigenvalue weighted by Gasteiger charge is -2.11. The number of aliphatic carboxylic acids is 2. The van der Waals surface area contributed by atoms with Crippen LogP contribution in [0.2, 0.25) is 0 Å². The van der Waals surface area contributed by atoms with Gasteiger partial charge in [0.1, 0.15) is 0 Å². The van der Waals surface area contributed by atoms with Crippen molar-refractivity contribution in [2.75, 3.05) is 24.7 Å². The lowest BCUT2D eigenvalue weighted by Crippen LogP contribution is -2.09. The van der Waals surface area contributed by atoms with Crippen LogP contribution in [0.1, 0.15) is 0 Å².